The van der Waals surface area contributed by atoms with Gasteiger partial charge in [0.15, 0.2) is 5.82 Å². The van der Waals surface area contributed by atoms with Gasteiger partial charge >= 0.3 is 0 Å². The molecule has 0 radical (unpaired) electrons. The standard InChI is InChI=1S/C15H26ClN5/c1-4-5-17-15-18-10-13(16)14(19-15)21-8-6-20(7-9-21)11-12(2)3/h10,12H,4-9,11H2,1-3H3,(H,17,18,19). The van der Waals surface area contributed by atoms with E-state index in [0.717, 1.165) is 51.5 Å². The summed E-state index contributed by atoms with van der Waals surface area (Å²) in [7, 11) is 0. The third kappa shape index (κ3) is 4.71. The van der Waals surface area contributed by atoms with E-state index in [1.807, 2.05) is 0 Å². The van der Waals surface area contributed by atoms with Crippen molar-refractivity contribution in [3.8, 4) is 0 Å². The Morgan fingerprint density at radius 2 is 2.00 bits per heavy atom. The zero-order valence-electron chi connectivity index (χ0n) is 13.3. The monoisotopic (exact) mass is 311 g/mol. The van der Waals surface area contributed by atoms with E-state index in [2.05, 4.69) is 45.9 Å². The van der Waals surface area contributed by atoms with Gasteiger partial charge in [-0.25, -0.2) is 4.98 Å². The number of anilines is 2. The van der Waals surface area contributed by atoms with E-state index in [1.165, 1.54) is 0 Å². The molecule has 0 saturated carbocycles. The van der Waals surface area contributed by atoms with Crippen LogP contribution in [0.25, 0.3) is 0 Å². The van der Waals surface area contributed by atoms with Crippen LogP contribution in [0.15, 0.2) is 6.20 Å². The topological polar surface area (TPSA) is 44.3 Å². The summed E-state index contributed by atoms with van der Waals surface area (Å²) in [6, 6.07) is 0. The van der Waals surface area contributed by atoms with Crippen LogP contribution in [0.2, 0.25) is 5.02 Å². The number of piperazine rings is 1. The molecule has 1 N–H and O–H groups in total. The van der Waals surface area contributed by atoms with Gasteiger partial charge in [-0.1, -0.05) is 32.4 Å². The summed E-state index contributed by atoms with van der Waals surface area (Å²) in [5, 5.41) is 3.85. The van der Waals surface area contributed by atoms with Gasteiger partial charge in [0.2, 0.25) is 5.95 Å². The molecule has 118 valence electrons. The van der Waals surface area contributed by atoms with Gasteiger partial charge in [0.05, 0.1) is 6.20 Å². The minimum absolute atomic E-state index is 0.634. The number of aromatic nitrogens is 2. The summed E-state index contributed by atoms with van der Waals surface area (Å²) in [5.74, 6) is 2.24. The number of nitrogens with one attached hydrogen (secondary N) is 1. The summed E-state index contributed by atoms with van der Waals surface area (Å²) < 4.78 is 0. The molecule has 0 aliphatic carbocycles. The Balaban J connectivity index is 1.98. The molecule has 6 heteroatoms. The molecule has 1 fully saturated rings. The third-order valence-electron chi connectivity index (χ3n) is 3.55. The fraction of sp³-hybridized carbons (Fsp3) is 0.733. The molecular formula is C15H26ClN5. The fourth-order valence-electron chi connectivity index (χ4n) is 2.56. The van der Waals surface area contributed by atoms with Gasteiger partial charge in [0.1, 0.15) is 5.02 Å². The average Bonchev–Trinajstić information content (AvgIpc) is 2.47. The molecule has 5 nitrogen and oxygen atoms in total. The Morgan fingerprint density at radius 3 is 2.62 bits per heavy atom. The van der Waals surface area contributed by atoms with Gasteiger partial charge in [0.25, 0.3) is 0 Å². The van der Waals surface area contributed by atoms with Crippen molar-refractivity contribution in [1.82, 2.24) is 14.9 Å². The summed E-state index contributed by atoms with van der Waals surface area (Å²) in [4.78, 5) is 13.6. The summed E-state index contributed by atoms with van der Waals surface area (Å²) in [6.07, 6.45) is 2.75. The molecule has 0 spiro atoms. The molecule has 0 atom stereocenters. The minimum atomic E-state index is 0.634. The van der Waals surface area contributed by atoms with Crippen molar-refractivity contribution in [2.45, 2.75) is 27.2 Å². The van der Waals surface area contributed by atoms with Crippen molar-refractivity contribution in [2.75, 3.05) is 49.5 Å². The predicted octanol–water partition coefficient (Wildman–Crippen LogP) is 2.73. The quantitative estimate of drug-likeness (QED) is 0.875. The molecule has 0 amide bonds. The number of nitrogens with zero attached hydrogens (tertiary/aromatic N) is 4. The Bertz CT molecular complexity index is 444. The number of hydrogen-bond acceptors (Lipinski definition) is 5. The van der Waals surface area contributed by atoms with Crippen LogP contribution in [0, 0.1) is 5.92 Å². The molecular weight excluding hydrogens is 286 g/mol. The maximum atomic E-state index is 6.28. The van der Waals surface area contributed by atoms with Gasteiger partial charge in [-0.2, -0.15) is 4.98 Å². The molecule has 0 unspecified atom stereocenters. The Hall–Kier alpha value is -1.07. The van der Waals surface area contributed by atoms with Crippen LogP contribution in [-0.2, 0) is 0 Å². The number of halogens is 1. The zero-order chi connectivity index (χ0) is 15.2. The molecule has 21 heavy (non-hydrogen) atoms. The van der Waals surface area contributed by atoms with Crippen molar-refractivity contribution in [2.24, 2.45) is 5.92 Å². The first-order valence-corrected chi connectivity index (χ1v) is 8.21. The molecule has 1 aliphatic rings. The molecule has 0 bridgehead atoms. The molecule has 1 aromatic rings. The van der Waals surface area contributed by atoms with Crippen LogP contribution >= 0.6 is 11.6 Å². The van der Waals surface area contributed by atoms with Gasteiger partial charge in [0, 0.05) is 39.3 Å². The first-order chi connectivity index (χ1) is 10.1. The molecule has 1 aliphatic heterocycles. The first-order valence-electron chi connectivity index (χ1n) is 7.84. The van der Waals surface area contributed by atoms with Gasteiger partial charge in [-0.05, 0) is 12.3 Å². The summed E-state index contributed by atoms with van der Waals surface area (Å²) >= 11 is 6.28. The molecule has 1 saturated heterocycles. The highest BCUT2D eigenvalue weighted by molar-refractivity contribution is 6.32. The lowest BCUT2D eigenvalue weighted by atomic mass is 10.2. The molecule has 2 heterocycles. The van der Waals surface area contributed by atoms with Gasteiger partial charge < -0.3 is 10.2 Å². The molecule has 2 rings (SSSR count). The van der Waals surface area contributed by atoms with E-state index in [0.29, 0.717) is 16.9 Å². The molecule has 1 aromatic heterocycles. The maximum Gasteiger partial charge on any atom is 0.224 e. The second-order valence-corrected chi connectivity index (χ2v) is 6.38. The van der Waals surface area contributed by atoms with Crippen molar-refractivity contribution in [3.63, 3.8) is 0 Å². The SMILES string of the molecule is CCCNc1ncc(Cl)c(N2CCN(CC(C)C)CC2)n1. The maximum absolute atomic E-state index is 6.28. The average molecular weight is 312 g/mol. The lowest BCUT2D eigenvalue weighted by Gasteiger charge is -2.36. The van der Waals surface area contributed by atoms with E-state index in [-0.39, 0.29) is 0 Å². The van der Waals surface area contributed by atoms with Crippen molar-refractivity contribution >= 4 is 23.4 Å². The highest BCUT2D eigenvalue weighted by Crippen LogP contribution is 2.24. The second kappa shape index (κ2) is 7.80. The lowest BCUT2D eigenvalue weighted by Crippen LogP contribution is -2.47. The van der Waals surface area contributed by atoms with Crippen molar-refractivity contribution in [3.05, 3.63) is 11.2 Å². The van der Waals surface area contributed by atoms with Crippen LogP contribution in [-0.4, -0.2) is 54.1 Å². The highest BCUT2D eigenvalue weighted by Gasteiger charge is 2.21. The second-order valence-electron chi connectivity index (χ2n) is 5.97. The zero-order valence-corrected chi connectivity index (χ0v) is 14.0. The van der Waals surface area contributed by atoms with Crippen LogP contribution in [0.5, 0.6) is 0 Å². The number of rotatable bonds is 6. The van der Waals surface area contributed by atoms with Gasteiger partial charge in [-0.15, -0.1) is 0 Å². The first kappa shape index (κ1) is 16.3. The summed E-state index contributed by atoms with van der Waals surface area (Å²) in [6.45, 7) is 12.8. The minimum Gasteiger partial charge on any atom is -0.354 e. The van der Waals surface area contributed by atoms with E-state index in [1.54, 1.807) is 6.20 Å². The third-order valence-corrected chi connectivity index (χ3v) is 3.82. The van der Waals surface area contributed by atoms with Gasteiger partial charge in [-0.3, -0.25) is 4.90 Å². The Morgan fingerprint density at radius 1 is 1.29 bits per heavy atom. The lowest BCUT2D eigenvalue weighted by molar-refractivity contribution is 0.231. The van der Waals surface area contributed by atoms with Crippen LogP contribution in [0.3, 0.4) is 0 Å². The normalized spacial score (nSPS) is 16.5. The van der Waals surface area contributed by atoms with Crippen molar-refractivity contribution < 1.29 is 0 Å². The smallest absolute Gasteiger partial charge is 0.224 e. The Kier molecular flexibility index (Phi) is 6.06. The van der Waals surface area contributed by atoms with Crippen LogP contribution in [0.4, 0.5) is 11.8 Å². The van der Waals surface area contributed by atoms with Crippen molar-refractivity contribution in [1.29, 1.82) is 0 Å². The Labute approximate surface area is 132 Å². The predicted molar refractivity (Wildman–Crippen MR) is 89.3 cm³/mol. The van der Waals surface area contributed by atoms with E-state index >= 15 is 0 Å². The fourth-order valence-corrected chi connectivity index (χ4v) is 2.77. The van der Waals surface area contributed by atoms with Crippen LogP contribution < -0.4 is 10.2 Å². The van der Waals surface area contributed by atoms with Crippen LogP contribution in [0.1, 0.15) is 27.2 Å². The largest absolute Gasteiger partial charge is 0.354 e. The molecule has 0 aromatic carbocycles. The van der Waals surface area contributed by atoms with E-state index in [9.17, 15) is 0 Å². The van der Waals surface area contributed by atoms with E-state index in [4.69, 9.17) is 11.6 Å². The van der Waals surface area contributed by atoms with E-state index < -0.39 is 0 Å². The summed E-state index contributed by atoms with van der Waals surface area (Å²) in [5.41, 5.74) is 0. The number of hydrogen-bond donors (Lipinski definition) is 1. The highest BCUT2D eigenvalue weighted by atomic mass is 35.5.